The smallest absolute Gasteiger partial charge is 0.168 e. The van der Waals surface area contributed by atoms with Gasteiger partial charge in [-0.05, 0) is 79.0 Å². The van der Waals surface area contributed by atoms with Crippen LogP contribution < -0.4 is 10.5 Å². The third kappa shape index (κ3) is 4.96. The first-order valence-electron chi connectivity index (χ1n) is 10.5. The van der Waals surface area contributed by atoms with Crippen molar-refractivity contribution >= 4 is 22.1 Å². The predicted octanol–water partition coefficient (Wildman–Crippen LogP) is 5.05. The molecular weight excluding hydrogens is 427 g/mol. The topological polar surface area (TPSA) is 84.3 Å². The van der Waals surface area contributed by atoms with Crippen molar-refractivity contribution in [2.24, 2.45) is 5.73 Å². The molecule has 2 aromatic carbocycles. The van der Waals surface area contributed by atoms with E-state index in [1.165, 1.54) is 24.3 Å². The van der Waals surface area contributed by atoms with Gasteiger partial charge in [-0.15, -0.1) is 0 Å². The van der Waals surface area contributed by atoms with E-state index < -0.39 is 11.2 Å². The lowest BCUT2D eigenvalue weighted by Gasteiger charge is -2.10. The molecule has 0 saturated carbocycles. The van der Waals surface area contributed by atoms with Crippen LogP contribution >= 0.6 is 0 Å². The molecule has 0 aliphatic heterocycles. The van der Waals surface area contributed by atoms with Crippen LogP contribution in [0.4, 0.5) is 4.39 Å². The van der Waals surface area contributed by atoms with Crippen molar-refractivity contribution in [1.82, 2.24) is 4.98 Å². The predicted molar refractivity (Wildman–Crippen MR) is 123 cm³/mol. The molecule has 1 atom stereocenters. The van der Waals surface area contributed by atoms with Gasteiger partial charge in [-0.1, -0.05) is 12.1 Å². The molecule has 0 bridgehead atoms. The molecule has 2 N–H and O–H groups in total. The molecule has 0 amide bonds. The average molecular weight is 453 g/mol. The van der Waals surface area contributed by atoms with Crippen LogP contribution in [0.15, 0.2) is 70.1 Å². The Labute approximate surface area is 189 Å². The van der Waals surface area contributed by atoms with E-state index in [1.54, 1.807) is 6.20 Å². The van der Waals surface area contributed by atoms with Gasteiger partial charge in [-0.25, -0.2) is 4.39 Å². The molecule has 0 radical (unpaired) electrons. The highest BCUT2D eigenvalue weighted by atomic mass is 32.2. The van der Waals surface area contributed by atoms with Crippen molar-refractivity contribution in [3.05, 3.63) is 89.2 Å². The van der Waals surface area contributed by atoms with Gasteiger partial charge < -0.3 is 19.4 Å². The molecule has 0 saturated heterocycles. The van der Waals surface area contributed by atoms with Gasteiger partial charge in [-0.3, -0.25) is 4.98 Å². The van der Waals surface area contributed by atoms with Gasteiger partial charge in [0.2, 0.25) is 0 Å². The number of hydrogen-bond donors (Lipinski definition) is 1. The molecule has 2 heterocycles. The van der Waals surface area contributed by atoms with Gasteiger partial charge >= 0.3 is 0 Å². The zero-order valence-corrected chi connectivity index (χ0v) is 18.7. The number of aromatic nitrogens is 1. The standard InChI is InChI=1S/C25H25FN2O3S/c1-17-24(16-32(29)20-11-9-19(26)10-12-20)31-23-8-2-7-22(25(17)23)30-14-4-6-21-18(15-27)5-3-13-28-21/h2-3,5,7-13H,4,6,14-16,27H2,1H3. The van der Waals surface area contributed by atoms with Gasteiger partial charge in [0.1, 0.15) is 17.1 Å². The number of ether oxygens (including phenoxy) is 1. The Morgan fingerprint density at radius 3 is 2.72 bits per heavy atom. The fourth-order valence-electron chi connectivity index (χ4n) is 3.67. The molecule has 4 aromatic rings. The molecule has 0 aliphatic rings. The highest BCUT2D eigenvalue weighted by Crippen LogP contribution is 2.34. The Kier molecular flexibility index (Phi) is 7.09. The van der Waals surface area contributed by atoms with E-state index in [4.69, 9.17) is 14.9 Å². The summed E-state index contributed by atoms with van der Waals surface area (Å²) in [6.07, 6.45) is 3.37. The molecule has 0 aliphatic carbocycles. The van der Waals surface area contributed by atoms with E-state index in [0.29, 0.717) is 29.4 Å². The Morgan fingerprint density at radius 2 is 1.94 bits per heavy atom. The fraction of sp³-hybridized carbons (Fsp3) is 0.240. The van der Waals surface area contributed by atoms with Gasteiger partial charge in [0.05, 0.1) is 12.0 Å². The summed E-state index contributed by atoms with van der Waals surface area (Å²) in [6, 6.07) is 15.3. The maximum Gasteiger partial charge on any atom is 0.168 e. The Balaban J connectivity index is 1.45. The summed E-state index contributed by atoms with van der Waals surface area (Å²) in [5, 5.41) is 0.888. The number of aryl methyl sites for hydroxylation is 2. The van der Waals surface area contributed by atoms with E-state index >= 15 is 0 Å². The molecule has 2 aromatic heterocycles. The van der Waals surface area contributed by atoms with Crippen molar-refractivity contribution in [3.63, 3.8) is 0 Å². The third-order valence-corrected chi connectivity index (χ3v) is 6.70. The summed E-state index contributed by atoms with van der Waals surface area (Å²) in [5.41, 5.74) is 9.44. The number of nitrogens with two attached hydrogens (primary N) is 1. The van der Waals surface area contributed by atoms with E-state index in [2.05, 4.69) is 4.98 Å². The molecular formula is C25H25FN2O3S. The maximum atomic E-state index is 13.1. The lowest BCUT2D eigenvalue weighted by molar-refractivity contribution is 0.314. The summed E-state index contributed by atoms with van der Waals surface area (Å²) in [5.74, 6) is 1.24. The minimum Gasteiger partial charge on any atom is -0.611 e. The summed E-state index contributed by atoms with van der Waals surface area (Å²) >= 11 is -1.34. The lowest BCUT2D eigenvalue weighted by atomic mass is 10.1. The number of nitrogens with zero attached hydrogens (tertiary/aromatic N) is 1. The molecule has 4 rings (SSSR count). The van der Waals surface area contributed by atoms with Gasteiger partial charge in [0.25, 0.3) is 0 Å². The number of halogens is 1. The Hall–Kier alpha value is -2.87. The van der Waals surface area contributed by atoms with Gasteiger partial charge in [0, 0.05) is 24.0 Å². The fourth-order valence-corrected chi connectivity index (χ4v) is 4.78. The molecule has 0 fully saturated rings. The van der Waals surface area contributed by atoms with E-state index in [1.807, 2.05) is 37.3 Å². The van der Waals surface area contributed by atoms with Crippen molar-refractivity contribution in [3.8, 4) is 5.75 Å². The van der Waals surface area contributed by atoms with Crippen LogP contribution in [-0.2, 0) is 29.9 Å². The summed E-state index contributed by atoms with van der Waals surface area (Å²) in [4.78, 5) is 4.98. The number of furan rings is 1. The zero-order chi connectivity index (χ0) is 22.5. The molecule has 0 spiro atoms. The van der Waals surface area contributed by atoms with E-state index in [-0.39, 0.29) is 11.6 Å². The second-order valence-electron chi connectivity index (χ2n) is 7.49. The van der Waals surface area contributed by atoms with Crippen LogP contribution in [0.3, 0.4) is 0 Å². The molecule has 1 unspecified atom stereocenters. The van der Waals surface area contributed by atoms with Crippen LogP contribution in [-0.4, -0.2) is 16.1 Å². The lowest BCUT2D eigenvalue weighted by Crippen LogP contribution is -2.06. The molecule has 7 heteroatoms. The van der Waals surface area contributed by atoms with Crippen LogP contribution in [0, 0.1) is 12.7 Å². The van der Waals surface area contributed by atoms with Crippen LogP contribution in [0.5, 0.6) is 5.75 Å². The summed E-state index contributed by atoms with van der Waals surface area (Å²) in [6.45, 7) is 2.94. The van der Waals surface area contributed by atoms with E-state index in [0.717, 1.165) is 40.8 Å². The zero-order valence-electron chi connectivity index (χ0n) is 17.8. The SMILES string of the molecule is Cc1c(C[S+]([O-])c2ccc(F)cc2)oc2cccc(OCCCc3ncccc3CN)c12. The van der Waals surface area contributed by atoms with Crippen LogP contribution in [0.25, 0.3) is 11.0 Å². The van der Waals surface area contributed by atoms with Crippen molar-refractivity contribution in [2.45, 2.75) is 37.0 Å². The highest BCUT2D eigenvalue weighted by molar-refractivity contribution is 7.90. The number of pyridine rings is 1. The van der Waals surface area contributed by atoms with E-state index in [9.17, 15) is 8.94 Å². The first-order valence-corrected chi connectivity index (χ1v) is 11.8. The summed E-state index contributed by atoms with van der Waals surface area (Å²) in [7, 11) is 0. The first-order chi connectivity index (χ1) is 15.6. The first kappa shape index (κ1) is 22.3. The second-order valence-corrected chi connectivity index (χ2v) is 8.94. The van der Waals surface area contributed by atoms with Crippen LogP contribution in [0.1, 0.15) is 29.0 Å². The minimum absolute atomic E-state index is 0.215. The monoisotopic (exact) mass is 452 g/mol. The quantitative estimate of drug-likeness (QED) is 0.284. The number of hydrogen-bond acceptors (Lipinski definition) is 5. The number of rotatable bonds is 9. The van der Waals surface area contributed by atoms with Gasteiger partial charge in [-0.2, -0.15) is 0 Å². The highest BCUT2D eigenvalue weighted by Gasteiger charge is 2.21. The maximum absolute atomic E-state index is 13.1. The average Bonchev–Trinajstić information content (AvgIpc) is 3.13. The number of benzene rings is 2. The normalized spacial score (nSPS) is 12.2. The van der Waals surface area contributed by atoms with Crippen molar-refractivity contribution in [1.29, 1.82) is 0 Å². The number of fused-ring (bicyclic) bond motifs is 1. The Bertz CT molecular complexity index is 1190. The molecule has 166 valence electrons. The summed E-state index contributed by atoms with van der Waals surface area (Å²) < 4.78 is 37.9. The van der Waals surface area contributed by atoms with Crippen molar-refractivity contribution in [2.75, 3.05) is 6.61 Å². The minimum atomic E-state index is -1.34. The largest absolute Gasteiger partial charge is 0.611 e. The Morgan fingerprint density at radius 1 is 1.12 bits per heavy atom. The van der Waals surface area contributed by atoms with Crippen molar-refractivity contribution < 1.29 is 18.1 Å². The second kappa shape index (κ2) is 10.2. The molecule has 32 heavy (non-hydrogen) atoms. The van der Waals surface area contributed by atoms with Crippen LogP contribution in [0.2, 0.25) is 0 Å². The van der Waals surface area contributed by atoms with Gasteiger partial charge in [0.15, 0.2) is 16.4 Å². The molecule has 5 nitrogen and oxygen atoms in total. The third-order valence-electron chi connectivity index (χ3n) is 5.37.